The summed E-state index contributed by atoms with van der Waals surface area (Å²) in [5, 5.41) is 11.7. The largest absolute Gasteiger partial charge is 0.439 e. The summed E-state index contributed by atoms with van der Waals surface area (Å²) >= 11 is 0. The summed E-state index contributed by atoms with van der Waals surface area (Å²) in [6.45, 7) is 5.96. The van der Waals surface area contributed by atoms with Gasteiger partial charge in [-0.2, -0.15) is 0 Å². The van der Waals surface area contributed by atoms with Crippen molar-refractivity contribution >= 4 is 23.4 Å². The lowest BCUT2D eigenvalue weighted by atomic mass is 9.93. The van der Waals surface area contributed by atoms with Crippen LogP contribution in [0.15, 0.2) is 53.2 Å². The Morgan fingerprint density at radius 2 is 1.87 bits per heavy atom. The van der Waals surface area contributed by atoms with Crippen molar-refractivity contribution in [2.24, 2.45) is 0 Å². The van der Waals surface area contributed by atoms with Crippen molar-refractivity contribution in [1.29, 1.82) is 0 Å². The first-order valence-electron chi connectivity index (χ1n) is 9.26. The highest BCUT2D eigenvalue weighted by atomic mass is 16.5. The predicted molar refractivity (Wildman–Crippen MR) is 112 cm³/mol. The van der Waals surface area contributed by atoms with E-state index in [4.69, 9.17) is 9.26 Å². The number of carbonyl (C=O) groups is 2. The van der Waals surface area contributed by atoms with Crippen molar-refractivity contribution in [2.75, 3.05) is 17.7 Å². The molecule has 2 heterocycles. The monoisotopic (exact) mass is 409 g/mol. The third kappa shape index (κ3) is 5.34. The zero-order valence-electron chi connectivity index (χ0n) is 17.1. The molecule has 9 heteroatoms. The van der Waals surface area contributed by atoms with Crippen LogP contribution < -0.4 is 20.7 Å². The molecule has 30 heavy (non-hydrogen) atoms. The number of rotatable bonds is 5. The van der Waals surface area contributed by atoms with E-state index < -0.39 is 6.03 Å². The van der Waals surface area contributed by atoms with Crippen LogP contribution in [0.25, 0.3) is 0 Å². The summed E-state index contributed by atoms with van der Waals surface area (Å²) < 4.78 is 11.0. The zero-order chi connectivity index (χ0) is 21.7. The number of aromatic nitrogens is 2. The van der Waals surface area contributed by atoms with E-state index in [1.807, 2.05) is 20.8 Å². The number of pyridine rings is 1. The topological polar surface area (TPSA) is 118 Å². The standard InChI is InChI=1S/C21H23N5O4/c1-21(2,3)16-12-17(26-30-16)25-20(28)24-14-6-5-7-15(11-14)29-18-10-13(8-9-23-18)19(27)22-4/h5-12H,1-4H3,(H,22,27)(H2,24,25,26,28). The Bertz CT molecular complexity index is 1060. The van der Waals surface area contributed by atoms with Gasteiger partial charge in [-0.3, -0.25) is 10.1 Å². The van der Waals surface area contributed by atoms with E-state index in [1.165, 1.54) is 12.3 Å². The lowest BCUT2D eigenvalue weighted by Crippen LogP contribution is -2.19. The van der Waals surface area contributed by atoms with Crippen LogP contribution in [0.1, 0.15) is 36.9 Å². The first-order valence-corrected chi connectivity index (χ1v) is 9.26. The molecule has 3 N–H and O–H groups in total. The molecule has 0 spiro atoms. The maximum atomic E-state index is 12.3. The average Bonchev–Trinajstić information content (AvgIpc) is 3.16. The highest BCUT2D eigenvalue weighted by Crippen LogP contribution is 2.25. The van der Waals surface area contributed by atoms with Crippen molar-refractivity contribution in [1.82, 2.24) is 15.5 Å². The highest BCUT2D eigenvalue weighted by molar-refractivity contribution is 5.99. The second kappa shape index (κ2) is 8.64. The van der Waals surface area contributed by atoms with Gasteiger partial charge in [-0.15, -0.1) is 0 Å². The molecular formula is C21H23N5O4. The Hall–Kier alpha value is -3.88. The molecular weight excluding hydrogens is 386 g/mol. The second-order valence-electron chi connectivity index (χ2n) is 7.50. The highest BCUT2D eigenvalue weighted by Gasteiger charge is 2.20. The van der Waals surface area contributed by atoms with E-state index in [0.29, 0.717) is 28.6 Å². The molecule has 0 atom stereocenters. The summed E-state index contributed by atoms with van der Waals surface area (Å²) in [4.78, 5) is 28.1. The third-order valence-corrected chi connectivity index (χ3v) is 4.03. The maximum absolute atomic E-state index is 12.3. The summed E-state index contributed by atoms with van der Waals surface area (Å²) in [6, 6.07) is 11.1. The van der Waals surface area contributed by atoms with Gasteiger partial charge in [-0.05, 0) is 18.2 Å². The second-order valence-corrected chi connectivity index (χ2v) is 7.50. The number of benzene rings is 1. The molecule has 3 aromatic rings. The van der Waals surface area contributed by atoms with Crippen LogP contribution in [0.5, 0.6) is 11.6 Å². The van der Waals surface area contributed by atoms with Crippen LogP contribution in [0.3, 0.4) is 0 Å². The zero-order valence-corrected chi connectivity index (χ0v) is 17.1. The third-order valence-electron chi connectivity index (χ3n) is 4.03. The van der Waals surface area contributed by atoms with Gasteiger partial charge in [-0.25, -0.2) is 9.78 Å². The number of urea groups is 1. The fourth-order valence-corrected chi connectivity index (χ4v) is 2.48. The molecule has 1 aromatic carbocycles. The van der Waals surface area contributed by atoms with Crippen molar-refractivity contribution < 1.29 is 18.8 Å². The molecule has 0 saturated heterocycles. The number of nitrogens with one attached hydrogen (secondary N) is 3. The van der Waals surface area contributed by atoms with Crippen molar-refractivity contribution in [3.05, 3.63) is 60.0 Å². The first kappa shape index (κ1) is 20.8. The molecule has 0 aliphatic rings. The molecule has 0 aliphatic carbocycles. The minimum atomic E-state index is -0.472. The van der Waals surface area contributed by atoms with Gasteiger partial charge in [0.25, 0.3) is 5.91 Å². The summed E-state index contributed by atoms with van der Waals surface area (Å²) in [7, 11) is 1.55. The minimum absolute atomic E-state index is 0.210. The molecule has 0 bridgehead atoms. The fourth-order valence-electron chi connectivity index (χ4n) is 2.48. The normalized spacial score (nSPS) is 10.9. The van der Waals surface area contributed by atoms with E-state index in [1.54, 1.807) is 43.4 Å². The average molecular weight is 409 g/mol. The molecule has 3 amide bonds. The minimum Gasteiger partial charge on any atom is -0.439 e. The Balaban J connectivity index is 1.65. The summed E-state index contributed by atoms with van der Waals surface area (Å²) in [6.07, 6.45) is 1.49. The van der Waals surface area contributed by atoms with E-state index in [-0.39, 0.29) is 17.2 Å². The van der Waals surface area contributed by atoms with E-state index in [9.17, 15) is 9.59 Å². The quantitative estimate of drug-likeness (QED) is 0.582. The van der Waals surface area contributed by atoms with Crippen molar-refractivity contribution in [3.8, 4) is 11.6 Å². The molecule has 9 nitrogen and oxygen atoms in total. The number of amides is 3. The summed E-state index contributed by atoms with van der Waals surface area (Å²) in [5.74, 6) is 1.46. The first-order chi connectivity index (χ1) is 14.2. The van der Waals surface area contributed by atoms with Gasteiger partial charge in [0, 0.05) is 48.1 Å². The van der Waals surface area contributed by atoms with Crippen LogP contribution in [-0.4, -0.2) is 29.1 Å². The summed E-state index contributed by atoms with van der Waals surface area (Å²) in [5.41, 5.74) is 0.725. The Morgan fingerprint density at radius 1 is 1.07 bits per heavy atom. The molecule has 0 fully saturated rings. The number of carbonyl (C=O) groups excluding carboxylic acids is 2. The predicted octanol–water partition coefficient (Wildman–Crippen LogP) is 4.16. The molecule has 0 radical (unpaired) electrons. The number of hydrogen-bond donors (Lipinski definition) is 3. The van der Waals surface area contributed by atoms with Crippen LogP contribution >= 0.6 is 0 Å². The smallest absolute Gasteiger partial charge is 0.324 e. The SMILES string of the molecule is CNC(=O)c1ccnc(Oc2cccc(NC(=O)Nc3cc(C(C)(C)C)on3)c2)c1. The van der Waals surface area contributed by atoms with Crippen LogP contribution in [0, 0.1) is 0 Å². The van der Waals surface area contributed by atoms with Crippen molar-refractivity contribution in [3.63, 3.8) is 0 Å². The molecule has 0 unspecified atom stereocenters. The number of nitrogens with zero attached hydrogens (tertiary/aromatic N) is 2. The number of hydrogen-bond acceptors (Lipinski definition) is 6. The van der Waals surface area contributed by atoms with Crippen LogP contribution in [0.4, 0.5) is 16.3 Å². The van der Waals surface area contributed by atoms with Gasteiger partial charge in [0.2, 0.25) is 5.88 Å². The Labute approximate surface area is 173 Å². The van der Waals surface area contributed by atoms with E-state index in [0.717, 1.165) is 0 Å². The van der Waals surface area contributed by atoms with Gasteiger partial charge in [0.15, 0.2) is 5.82 Å². The molecule has 0 saturated carbocycles. The fraction of sp³-hybridized carbons (Fsp3) is 0.238. The maximum Gasteiger partial charge on any atom is 0.324 e. The van der Waals surface area contributed by atoms with Crippen LogP contribution in [0.2, 0.25) is 0 Å². The molecule has 156 valence electrons. The van der Waals surface area contributed by atoms with Gasteiger partial charge < -0.3 is 19.9 Å². The van der Waals surface area contributed by atoms with E-state index >= 15 is 0 Å². The van der Waals surface area contributed by atoms with Crippen molar-refractivity contribution in [2.45, 2.75) is 26.2 Å². The van der Waals surface area contributed by atoms with Gasteiger partial charge in [-0.1, -0.05) is 32.0 Å². The molecule has 3 rings (SSSR count). The lowest BCUT2D eigenvalue weighted by Gasteiger charge is -2.12. The Morgan fingerprint density at radius 3 is 2.57 bits per heavy atom. The van der Waals surface area contributed by atoms with Gasteiger partial charge in [0.05, 0.1) is 0 Å². The van der Waals surface area contributed by atoms with Crippen LogP contribution in [-0.2, 0) is 5.41 Å². The van der Waals surface area contributed by atoms with Gasteiger partial charge >= 0.3 is 6.03 Å². The molecule has 0 aliphatic heterocycles. The number of ether oxygens (including phenoxy) is 1. The number of anilines is 2. The van der Waals surface area contributed by atoms with Gasteiger partial charge in [0.1, 0.15) is 11.5 Å². The van der Waals surface area contributed by atoms with E-state index in [2.05, 4.69) is 26.1 Å². The Kier molecular flexibility index (Phi) is 6.01. The lowest BCUT2D eigenvalue weighted by molar-refractivity contribution is 0.0962. The molecule has 2 aromatic heterocycles.